The van der Waals surface area contributed by atoms with Crippen LogP contribution in [0.5, 0.6) is 5.75 Å². The summed E-state index contributed by atoms with van der Waals surface area (Å²) in [6.07, 6.45) is 1.53. The minimum absolute atomic E-state index is 0.0367. The predicted molar refractivity (Wildman–Crippen MR) is 121 cm³/mol. The van der Waals surface area contributed by atoms with Crippen LogP contribution >= 0.6 is 0 Å². The molecule has 10 nitrogen and oxygen atoms in total. The molecule has 1 saturated heterocycles. The number of fused-ring (bicyclic) bond motifs is 1. The van der Waals surface area contributed by atoms with Crippen LogP contribution in [-0.2, 0) is 4.74 Å². The number of nitrogens with zero attached hydrogens (tertiary/aromatic N) is 3. The predicted octanol–water partition coefficient (Wildman–Crippen LogP) is 2.69. The van der Waals surface area contributed by atoms with Crippen LogP contribution < -0.4 is 10.1 Å². The number of hydrogen-bond acceptors (Lipinski definition) is 6. The van der Waals surface area contributed by atoms with Crippen molar-refractivity contribution in [2.75, 3.05) is 38.7 Å². The van der Waals surface area contributed by atoms with Crippen molar-refractivity contribution in [3.05, 3.63) is 59.8 Å². The van der Waals surface area contributed by atoms with E-state index in [-0.39, 0.29) is 11.8 Å². The van der Waals surface area contributed by atoms with Gasteiger partial charge in [0.15, 0.2) is 5.82 Å². The van der Waals surface area contributed by atoms with Crippen molar-refractivity contribution in [2.24, 2.45) is 0 Å². The van der Waals surface area contributed by atoms with Gasteiger partial charge < -0.3 is 24.7 Å². The molecule has 0 spiro atoms. The topological polar surface area (TPSA) is 125 Å². The molecular formula is C23H22N6O4. The molecule has 2 amide bonds. The van der Waals surface area contributed by atoms with Gasteiger partial charge in [-0.05, 0) is 42.5 Å². The summed E-state index contributed by atoms with van der Waals surface area (Å²) in [6, 6.07) is 12.2. The molecule has 4 aromatic rings. The van der Waals surface area contributed by atoms with Gasteiger partial charge in [0.05, 0.1) is 43.2 Å². The molecule has 0 aliphatic carbocycles. The van der Waals surface area contributed by atoms with Crippen molar-refractivity contribution in [1.82, 2.24) is 25.1 Å². The SMILES string of the molecule is COc1ccc(C(=O)Nc2cn[nH]c2-c2nc3ccc(C(=O)N4CCOCC4)cc3[nH]2)cc1. The van der Waals surface area contributed by atoms with Gasteiger partial charge in [0.1, 0.15) is 11.4 Å². The first-order valence-corrected chi connectivity index (χ1v) is 10.5. The fraction of sp³-hybridized carbons (Fsp3) is 0.217. The Morgan fingerprint density at radius 1 is 1.09 bits per heavy atom. The summed E-state index contributed by atoms with van der Waals surface area (Å²) >= 11 is 0. The zero-order valence-electron chi connectivity index (χ0n) is 17.9. The number of aromatic nitrogens is 4. The molecule has 10 heteroatoms. The summed E-state index contributed by atoms with van der Waals surface area (Å²) in [4.78, 5) is 35.0. The Morgan fingerprint density at radius 2 is 1.85 bits per heavy atom. The van der Waals surface area contributed by atoms with Crippen molar-refractivity contribution >= 4 is 28.5 Å². The first-order chi connectivity index (χ1) is 16.1. The first-order valence-electron chi connectivity index (χ1n) is 10.5. The number of benzene rings is 2. The lowest BCUT2D eigenvalue weighted by Crippen LogP contribution is -2.40. The summed E-state index contributed by atoms with van der Waals surface area (Å²) in [5, 5.41) is 9.79. The summed E-state index contributed by atoms with van der Waals surface area (Å²) in [6.45, 7) is 2.26. The van der Waals surface area contributed by atoms with Crippen LogP contribution in [0.15, 0.2) is 48.7 Å². The monoisotopic (exact) mass is 446 g/mol. The second-order valence-electron chi connectivity index (χ2n) is 7.56. The smallest absolute Gasteiger partial charge is 0.255 e. The average molecular weight is 446 g/mol. The molecule has 0 bridgehead atoms. The Hall–Kier alpha value is -4.18. The number of imidazole rings is 1. The second-order valence-corrected chi connectivity index (χ2v) is 7.56. The number of carbonyl (C=O) groups is 2. The summed E-state index contributed by atoms with van der Waals surface area (Å²) in [7, 11) is 1.57. The maximum Gasteiger partial charge on any atom is 0.255 e. The molecule has 0 unspecified atom stereocenters. The highest BCUT2D eigenvalue weighted by Gasteiger charge is 2.20. The van der Waals surface area contributed by atoms with E-state index in [9.17, 15) is 9.59 Å². The molecule has 3 heterocycles. The van der Waals surface area contributed by atoms with Gasteiger partial charge in [-0.3, -0.25) is 14.7 Å². The maximum atomic E-state index is 12.8. The Labute approximate surface area is 188 Å². The van der Waals surface area contributed by atoms with Gasteiger partial charge in [-0.15, -0.1) is 0 Å². The molecule has 2 aromatic heterocycles. The second kappa shape index (κ2) is 8.75. The van der Waals surface area contributed by atoms with E-state index in [0.717, 1.165) is 0 Å². The van der Waals surface area contributed by atoms with Crippen LogP contribution in [0, 0.1) is 0 Å². The van der Waals surface area contributed by atoms with Crippen molar-refractivity contribution in [3.63, 3.8) is 0 Å². The number of aromatic amines is 2. The van der Waals surface area contributed by atoms with Gasteiger partial charge >= 0.3 is 0 Å². The van der Waals surface area contributed by atoms with Crippen LogP contribution in [0.4, 0.5) is 5.69 Å². The van der Waals surface area contributed by atoms with E-state index in [0.29, 0.717) is 71.4 Å². The molecule has 168 valence electrons. The molecule has 0 radical (unpaired) electrons. The molecule has 0 atom stereocenters. The van der Waals surface area contributed by atoms with E-state index in [1.54, 1.807) is 54.5 Å². The number of nitrogens with one attached hydrogen (secondary N) is 3. The number of morpholine rings is 1. The number of carbonyl (C=O) groups excluding carboxylic acids is 2. The number of methoxy groups -OCH3 is 1. The quantitative estimate of drug-likeness (QED) is 0.433. The minimum Gasteiger partial charge on any atom is -0.497 e. The van der Waals surface area contributed by atoms with E-state index in [1.807, 2.05) is 0 Å². The number of anilines is 1. The Bertz CT molecular complexity index is 1300. The van der Waals surface area contributed by atoms with Crippen LogP contribution in [0.25, 0.3) is 22.6 Å². The molecule has 1 aliphatic heterocycles. The van der Waals surface area contributed by atoms with E-state index in [1.165, 1.54) is 6.20 Å². The molecule has 1 fully saturated rings. The molecule has 1 aliphatic rings. The lowest BCUT2D eigenvalue weighted by atomic mass is 10.1. The fourth-order valence-electron chi connectivity index (χ4n) is 3.71. The molecule has 0 saturated carbocycles. The summed E-state index contributed by atoms with van der Waals surface area (Å²) in [5.74, 6) is 0.855. The van der Waals surface area contributed by atoms with E-state index < -0.39 is 0 Å². The normalized spacial score (nSPS) is 13.8. The summed E-state index contributed by atoms with van der Waals surface area (Å²) < 4.78 is 10.5. The first kappa shape index (κ1) is 20.7. The van der Waals surface area contributed by atoms with Crippen molar-refractivity contribution in [3.8, 4) is 17.3 Å². The lowest BCUT2D eigenvalue weighted by molar-refractivity contribution is 0.0303. The third-order valence-corrected chi connectivity index (χ3v) is 5.50. The van der Waals surface area contributed by atoms with Gasteiger partial charge in [0.25, 0.3) is 11.8 Å². The minimum atomic E-state index is -0.283. The average Bonchev–Trinajstić information content (AvgIpc) is 3.50. The van der Waals surface area contributed by atoms with Crippen LogP contribution in [0.1, 0.15) is 20.7 Å². The highest BCUT2D eigenvalue weighted by Crippen LogP contribution is 2.26. The van der Waals surface area contributed by atoms with E-state index in [4.69, 9.17) is 9.47 Å². The Balaban J connectivity index is 1.38. The van der Waals surface area contributed by atoms with Crippen molar-refractivity contribution < 1.29 is 19.1 Å². The van der Waals surface area contributed by atoms with E-state index >= 15 is 0 Å². The van der Waals surface area contributed by atoms with Gasteiger partial charge in [-0.2, -0.15) is 5.10 Å². The summed E-state index contributed by atoms with van der Waals surface area (Å²) in [5.41, 5.74) is 3.50. The van der Waals surface area contributed by atoms with Gasteiger partial charge in [0.2, 0.25) is 0 Å². The fourth-order valence-corrected chi connectivity index (χ4v) is 3.71. The van der Waals surface area contributed by atoms with Gasteiger partial charge in [-0.25, -0.2) is 4.98 Å². The number of ether oxygens (including phenoxy) is 2. The number of hydrogen-bond donors (Lipinski definition) is 3. The van der Waals surface area contributed by atoms with E-state index in [2.05, 4.69) is 25.5 Å². The Morgan fingerprint density at radius 3 is 2.61 bits per heavy atom. The molecule has 3 N–H and O–H groups in total. The number of amides is 2. The largest absolute Gasteiger partial charge is 0.497 e. The highest BCUT2D eigenvalue weighted by atomic mass is 16.5. The van der Waals surface area contributed by atoms with Crippen LogP contribution in [-0.4, -0.2) is 70.3 Å². The number of rotatable bonds is 5. The van der Waals surface area contributed by atoms with Crippen molar-refractivity contribution in [2.45, 2.75) is 0 Å². The zero-order valence-corrected chi connectivity index (χ0v) is 17.9. The molecule has 5 rings (SSSR count). The third-order valence-electron chi connectivity index (χ3n) is 5.50. The van der Waals surface area contributed by atoms with Crippen molar-refractivity contribution in [1.29, 1.82) is 0 Å². The number of H-pyrrole nitrogens is 2. The highest BCUT2D eigenvalue weighted by molar-refractivity contribution is 6.06. The van der Waals surface area contributed by atoms with Gasteiger partial charge in [-0.1, -0.05) is 0 Å². The maximum absolute atomic E-state index is 12.8. The third kappa shape index (κ3) is 4.15. The molecule has 2 aromatic carbocycles. The van der Waals surface area contributed by atoms with Crippen LogP contribution in [0.2, 0.25) is 0 Å². The van der Waals surface area contributed by atoms with Crippen LogP contribution in [0.3, 0.4) is 0 Å². The molecule has 33 heavy (non-hydrogen) atoms. The standard InChI is InChI=1S/C23H22N6O4/c1-32-16-5-2-14(3-6-16)22(30)27-19-13-24-28-20(19)21-25-17-7-4-15(12-18(17)26-21)23(31)29-8-10-33-11-9-29/h2-7,12-13H,8-11H2,1H3,(H,24,28)(H,25,26)(H,27,30). The van der Waals surface area contributed by atoms with Gasteiger partial charge in [0, 0.05) is 24.2 Å². The lowest BCUT2D eigenvalue weighted by Gasteiger charge is -2.26. The zero-order chi connectivity index (χ0) is 22.8. The Kier molecular flexibility index (Phi) is 5.49. The molecular weight excluding hydrogens is 424 g/mol.